The molecule has 3 heterocycles. The van der Waals surface area contributed by atoms with Gasteiger partial charge in [-0.2, -0.15) is 0 Å². The predicted octanol–water partition coefficient (Wildman–Crippen LogP) is 1.97. The Balaban J connectivity index is 1.92. The molecule has 0 aromatic carbocycles. The maximum Gasteiger partial charge on any atom is 0.328 e. The lowest BCUT2D eigenvalue weighted by Gasteiger charge is -2.16. The number of hydrogen-bond acceptors (Lipinski definition) is 5. The number of carboxylic acids is 1. The lowest BCUT2D eigenvalue weighted by atomic mass is 10.1. The van der Waals surface area contributed by atoms with Crippen molar-refractivity contribution < 1.29 is 14.6 Å². The largest absolute Gasteiger partial charge is 0.478 e. The Morgan fingerprint density at radius 2 is 2.52 bits per heavy atom. The van der Waals surface area contributed by atoms with Crippen molar-refractivity contribution in [3.05, 3.63) is 23.3 Å². The molecule has 0 spiro atoms. The Bertz CT molecular complexity index is 676. The highest BCUT2D eigenvalue weighted by molar-refractivity contribution is 7.15. The second-order valence-electron chi connectivity index (χ2n) is 5.10. The smallest absolute Gasteiger partial charge is 0.328 e. The van der Waals surface area contributed by atoms with E-state index in [0.29, 0.717) is 5.92 Å². The molecule has 0 amide bonds. The van der Waals surface area contributed by atoms with Gasteiger partial charge in [0.25, 0.3) is 0 Å². The van der Waals surface area contributed by atoms with E-state index in [-0.39, 0.29) is 0 Å². The van der Waals surface area contributed by atoms with Crippen LogP contribution < -0.4 is 4.90 Å². The molecule has 0 radical (unpaired) electrons. The molecule has 1 saturated heterocycles. The third-order valence-corrected chi connectivity index (χ3v) is 4.41. The van der Waals surface area contributed by atoms with Crippen LogP contribution in [0.5, 0.6) is 0 Å². The van der Waals surface area contributed by atoms with Crippen LogP contribution in [0.25, 0.3) is 11.0 Å². The Morgan fingerprint density at radius 3 is 3.29 bits per heavy atom. The average molecular weight is 307 g/mol. The highest BCUT2D eigenvalue weighted by atomic mass is 32.1. The number of nitrogens with zero attached hydrogens (tertiary/aromatic N) is 3. The summed E-state index contributed by atoms with van der Waals surface area (Å²) in [6, 6.07) is 0. The maximum absolute atomic E-state index is 10.8. The standard InChI is InChI=1S/C14H17N3O3S/c1-20-9-10-4-5-16(8-10)13-11(2-3-12(18)19)17-6-7-21-14(17)15-13/h2-3,6-7,10H,4-5,8-9H2,1H3,(H,18,19). The van der Waals surface area contributed by atoms with Gasteiger partial charge in [-0.05, 0) is 12.5 Å². The van der Waals surface area contributed by atoms with Crippen LogP contribution in [0.15, 0.2) is 17.7 Å². The number of aliphatic carboxylic acids is 1. The van der Waals surface area contributed by atoms with Gasteiger partial charge in [0, 0.05) is 43.8 Å². The molecule has 1 aliphatic rings. The molecule has 1 atom stereocenters. The number of thiazole rings is 1. The van der Waals surface area contributed by atoms with E-state index in [0.717, 1.165) is 48.7 Å². The molecule has 1 unspecified atom stereocenters. The summed E-state index contributed by atoms with van der Waals surface area (Å²) in [6.45, 7) is 2.57. The van der Waals surface area contributed by atoms with Crippen LogP contribution in [0.2, 0.25) is 0 Å². The van der Waals surface area contributed by atoms with E-state index < -0.39 is 5.97 Å². The van der Waals surface area contributed by atoms with Crippen molar-refractivity contribution in [2.45, 2.75) is 6.42 Å². The molecule has 0 saturated carbocycles. The third-order valence-electron chi connectivity index (χ3n) is 3.65. The number of aromatic nitrogens is 2. The molecule has 1 fully saturated rings. The highest BCUT2D eigenvalue weighted by Gasteiger charge is 2.26. The molecule has 2 aromatic heterocycles. The zero-order chi connectivity index (χ0) is 14.8. The molecule has 2 aromatic rings. The van der Waals surface area contributed by atoms with Crippen molar-refractivity contribution >= 4 is 34.2 Å². The van der Waals surface area contributed by atoms with E-state index in [1.807, 2.05) is 16.0 Å². The molecule has 0 aliphatic carbocycles. The summed E-state index contributed by atoms with van der Waals surface area (Å²) >= 11 is 1.55. The van der Waals surface area contributed by atoms with Crippen LogP contribution in [0.3, 0.4) is 0 Å². The first-order chi connectivity index (χ1) is 10.2. The van der Waals surface area contributed by atoms with Gasteiger partial charge in [0.05, 0.1) is 12.3 Å². The van der Waals surface area contributed by atoms with Crippen LogP contribution in [0.1, 0.15) is 12.1 Å². The van der Waals surface area contributed by atoms with Gasteiger partial charge in [-0.3, -0.25) is 4.40 Å². The van der Waals surface area contributed by atoms with Gasteiger partial charge in [-0.1, -0.05) is 0 Å². The van der Waals surface area contributed by atoms with Crippen molar-refractivity contribution in [1.82, 2.24) is 9.38 Å². The van der Waals surface area contributed by atoms with E-state index in [9.17, 15) is 4.79 Å². The van der Waals surface area contributed by atoms with Crippen LogP contribution in [0.4, 0.5) is 5.82 Å². The average Bonchev–Trinajstić information content (AvgIpc) is 3.11. The number of hydrogen-bond donors (Lipinski definition) is 1. The van der Waals surface area contributed by atoms with Crippen molar-refractivity contribution in [1.29, 1.82) is 0 Å². The fourth-order valence-corrected chi connectivity index (χ4v) is 3.44. The summed E-state index contributed by atoms with van der Waals surface area (Å²) in [5, 5.41) is 10.8. The molecule has 6 nitrogen and oxygen atoms in total. The monoisotopic (exact) mass is 307 g/mol. The Kier molecular flexibility index (Phi) is 3.94. The zero-order valence-corrected chi connectivity index (χ0v) is 12.5. The van der Waals surface area contributed by atoms with Gasteiger partial charge >= 0.3 is 5.97 Å². The molecule has 1 N–H and O–H groups in total. The molecule has 3 rings (SSSR count). The summed E-state index contributed by atoms with van der Waals surface area (Å²) in [7, 11) is 1.72. The van der Waals surface area contributed by atoms with Crippen LogP contribution in [-0.4, -0.2) is 47.3 Å². The lowest BCUT2D eigenvalue weighted by Crippen LogP contribution is -2.22. The number of methoxy groups -OCH3 is 1. The number of ether oxygens (including phenoxy) is 1. The van der Waals surface area contributed by atoms with Crippen molar-refractivity contribution in [2.75, 3.05) is 31.7 Å². The quantitative estimate of drug-likeness (QED) is 0.855. The maximum atomic E-state index is 10.8. The summed E-state index contributed by atoms with van der Waals surface area (Å²) in [4.78, 5) is 18.5. The highest BCUT2D eigenvalue weighted by Crippen LogP contribution is 2.30. The summed E-state index contributed by atoms with van der Waals surface area (Å²) in [5.41, 5.74) is 0.826. The molecular formula is C14H17N3O3S. The number of fused-ring (bicyclic) bond motifs is 1. The van der Waals surface area contributed by atoms with Gasteiger partial charge in [0.2, 0.25) is 0 Å². The minimum atomic E-state index is -0.954. The third kappa shape index (κ3) is 2.79. The summed E-state index contributed by atoms with van der Waals surface area (Å²) in [6.07, 6.45) is 5.77. The number of imidazole rings is 1. The zero-order valence-electron chi connectivity index (χ0n) is 11.7. The van der Waals surface area contributed by atoms with Gasteiger partial charge in [-0.15, -0.1) is 11.3 Å². The second kappa shape index (κ2) is 5.87. The topological polar surface area (TPSA) is 67.1 Å². The predicted molar refractivity (Wildman–Crippen MR) is 81.9 cm³/mol. The summed E-state index contributed by atoms with van der Waals surface area (Å²) < 4.78 is 7.15. The van der Waals surface area contributed by atoms with Crippen molar-refractivity contribution in [3.63, 3.8) is 0 Å². The Labute approximate surface area is 126 Å². The molecule has 112 valence electrons. The first kappa shape index (κ1) is 14.1. The first-order valence-electron chi connectivity index (χ1n) is 6.79. The van der Waals surface area contributed by atoms with E-state index in [2.05, 4.69) is 9.88 Å². The molecule has 7 heteroatoms. The number of carbonyl (C=O) groups is 1. The number of carboxylic acid groups (broad SMARTS) is 1. The Morgan fingerprint density at radius 1 is 1.67 bits per heavy atom. The fraction of sp³-hybridized carbons (Fsp3) is 0.429. The minimum absolute atomic E-state index is 0.506. The molecular weight excluding hydrogens is 290 g/mol. The Hall–Kier alpha value is -1.86. The number of rotatable bonds is 5. The SMILES string of the molecule is COCC1CCN(c2nc3sccn3c2C=CC(=O)O)C1. The van der Waals surface area contributed by atoms with Crippen molar-refractivity contribution in [3.8, 4) is 0 Å². The van der Waals surface area contributed by atoms with E-state index in [4.69, 9.17) is 9.84 Å². The van der Waals surface area contributed by atoms with Crippen LogP contribution in [0, 0.1) is 5.92 Å². The normalized spacial score (nSPS) is 19.1. The molecule has 1 aliphatic heterocycles. The van der Waals surface area contributed by atoms with Crippen molar-refractivity contribution in [2.24, 2.45) is 5.92 Å². The molecule has 0 bridgehead atoms. The van der Waals surface area contributed by atoms with Crippen LogP contribution in [-0.2, 0) is 9.53 Å². The number of anilines is 1. The van der Waals surface area contributed by atoms with Crippen LogP contribution >= 0.6 is 11.3 Å². The first-order valence-corrected chi connectivity index (χ1v) is 7.67. The van der Waals surface area contributed by atoms with Gasteiger partial charge in [0.1, 0.15) is 0 Å². The van der Waals surface area contributed by atoms with E-state index >= 15 is 0 Å². The lowest BCUT2D eigenvalue weighted by molar-refractivity contribution is -0.131. The fourth-order valence-electron chi connectivity index (χ4n) is 2.73. The van der Waals surface area contributed by atoms with Gasteiger partial charge < -0.3 is 14.7 Å². The van der Waals surface area contributed by atoms with Gasteiger partial charge in [0.15, 0.2) is 10.8 Å². The van der Waals surface area contributed by atoms with E-state index in [1.165, 1.54) is 0 Å². The minimum Gasteiger partial charge on any atom is -0.478 e. The van der Waals surface area contributed by atoms with Gasteiger partial charge in [-0.25, -0.2) is 9.78 Å². The summed E-state index contributed by atoms with van der Waals surface area (Å²) in [5.74, 6) is 0.411. The molecule has 21 heavy (non-hydrogen) atoms. The van der Waals surface area contributed by atoms with E-state index in [1.54, 1.807) is 24.5 Å². The second-order valence-corrected chi connectivity index (χ2v) is 5.98.